The number of nitriles is 1. The van der Waals surface area contributed by atoms with E-state index in [0.29, 0.717) is 6.42 Å². The molecule has 0 aliphatic carbocycles. The highest BCUT2D eigenvalue weighted by molar-refractivity contribution is 7.37. The molecule has 9 heavy (non-hydrogen) atoms. The Kier molecular flexibility index (Phi) is 3.91. The van der Waals surface area contributed by atoms with Crippen molar-refractivity contribution < 1.29 is 0 Å². The Morgan fingerprint density at radius 2 is 2.11 bits per heavy atom. The molecule has 0 N–H and O–H groups in total. The van der Waals surface area contributed by atoms with Gasteiger partial charge in [0.2, 0.25) is 0 Å². The summed E-state index contributed by atoms with van der Waals surface area (Å²) in [5.41, 5.74) is 0. The maximum absolute atomic E-state index is 8.44. The molecule has 1 nitrogen and oxygen atoms in total. The molecule has 0 saturated heterocycles. The van der Waals surface area contributed by atoms with Gasteiger partial charge in [-0.25, -0.2) is 0 Å². The maximum atomic E-state index is 8.44. The summed E-state index contributed by atoms with van der Waals surface area (Å²) in [6.45, 7) is 1.79. The maximum Gasteiger partial charge on any atom is 0.271 e. The van der Waals surface area contributed by atoms with E-state index in [9.17, 15) is 0 Å². The van der Waals surface area contributed by atoms with E-state index < -0.39 is 11.9 Å². The van der Waals surface area contributed by atoms with Crippen LogP contribution in [0.5, 0.6) is 0 Å². The monoisotopic (exact) mass is 201 g/mol. The molecule has 1 atom stereocenters. The first-order valence-corrected chi connectivity index (χ1v) is 6.90. The first-order chi connectivity index (χ1) is 4.06. The molecule has 1 unspecified atom stereocenters. The van der Waals surface area contributed by atoms with Crippen molar-refractivity contribution in [1.82, 2.24) is 0 Å². The zero-order valence-corrected chi connectivity index (χ0v) is 8.29. The molecule has 0 radical (unpaired) electrons. The molecule has 0 aromatic carbocycles. The Bertz CT molecular complexity index is 132. The third-order valence-corrected chi connectivity index (χ3v) is 6.19. The van der Waals surface area contributed by atoms with Gasteiger partial charge in [-0.3, -0.25) is 0 Å². The van der Waals surface area contributed by atoms with Crippen LogP contribution in [0.2, 0.25) is 0 Å². The van der Waals surface area contributed by atoms with Crippen molar-refractivity contribution in [2.75, 3.05) is 0 Å². The molecular formula is C4H6Cl3NSi. The minimum atomic E-state index is -2.05. The molecule has 0 spiro atoms. The Morgan fingerprint density at radius 3 is 2.11 bits per heavy atom. The molecule has 0 aromatic heterocycles. The van der Waals surface area contributed by atoms with Crippen molar-refractivity contribution >= 4 is 41.2 Å². The van der Waals surface area contributed by atoms with Gasteiger partial charge in [0.25, 0.3) is 7.42 Å². The number of hydrogen-bond acceptors (Lipinski definition) is 1. The largest absolute Gasteiger partial charge is 0.271 e. The van der Waals surface area contributed by atoms with Crippen LogP contribution in [0.4, 0.5) is 0 Å². The average molecular weight is 203 g/mol. The van der Waals surface area contributed by atoms with Crippen LogP contribution in [0, 0.1) is 11.3 Å². The Morgan fingerprint density at radius 1 is 1.67 bits per heavy atom. The highest BCUT2D eigenvalue weighted by Crippen LogP contribution is 2.26. The third kappa shape index (κ3) is 2.35. The van der Waals surface area contributed by atoms with Crippen LogP contribution in [-0.4, -0.2) is 11.9 Å². The quantitative estimate of drug-likeness (QED) is 0.382. The molecule has 0 saturated carbocycles. The molecule has 0 fully saturated rings. The lowest BCUT2D eigenvalue weighted by Gasteiger charge is -2.14. The zero-order chi connectivity index (χ0) is 7.49. The van der Waals surface area contributed by atoms with Gasteiger partial charge in [-0.05, 0) is 6.42 Å². The van der Waals surface area contributed by atoms with Gasteiger partial charge in [0, 0.05) is 0 Å². The van der Waals surface area contributed by atoms with Crippen molar-refractivity contribution in [3.05, 3.63) is 0 Å². The van der Waals surface area contributed by atoms with Crippen molar-refractivity contribution in [3.63, 3.8) is 0 Å². The van der Waals surface area contributed by atoms with Crippen LogP contribution in [0.1, 0.15) is 13.3 Å². The van der Waals surface area contributed by atoms with E-state index >= 15 is 0 Å². The van der Waals surface area contributed by atoms with E-state index in [1.165, 1.54) is 0 Å². The Labute approximate surface area is 70.5 Å². The summed E-state index contributed by atoms with van der Waals surface area (Å²) in [6, 6.07) is 1.89. The lowest BCUT2D eigenvalue weighted by molar-refractivity contribution is 0.899. The summed E-state index contributed by atoms with van der Waals surface area (Å²) >= 11 is 16.8. The number of nitrogens with zero attached hydrogens (tertiary/aromatic N) is 1. The van der Waals surface area contributed by atoms with Gasteiger partial charge >= 0.3 is 0 Å². The van der Waals surface area contributed by atoms with Crippen molar-refractivity contribution in [1.29, 1.82) is 5.26 Å². The topological polar surface area (TPSA) is 23.8 Å². The number of rotatable bonds is 2. The number of hydrogen-bond donors (Lipinski definition) is 0. The summed E-state index contributed by atoms with van der Waals surface area (Å²) in [5.74, 6) is 0. The van der Waals surface area contributed by atoms with E-state index in [0.717, 1.165) is 0 Å². The second-order valence-corrected chi connectivity index (χ2v) is 7.54. The number of alkyl halides is 1. The molecule has 52 valence electrons. The summed E-state index contributed by atoms with van der Waals surface area (Å²) < 4.78 is -0.969. The lowest BCUT2D eigenvalue weighted by atomic mass is 10.3. The van der Waals surface area contributed by atoms with E-state index in [2.05, 4.69) is 0 Å². The van der Waals surface area contributed by atoms with Gasteiger partial charge in [-0.1, -0.05) is 6.92 Å². The molecular weight excluding hydrogens is 196 g/mol. The van der Waals surface area contributed by atoms with Crippen molar-refractivity contribution in [2.24, 2.45) is 0 Å². The molecule has 0 rings (SSSR count). The first-order valence-electron chi connectivity index (χ1n) is 2.45. The third-order valence-electron chi connectivity index (χ3n) is 1.05. The Hall–Kier alpha value is 0.577. The van der Waals surface area contributed by atoms with E-state index in [1.807, 2.05) is 6.07 Å². The van der Waals surface area contributed by atoms with Gasteiger partial charge in [0.1, 0.15) is 4.50 Å². The lowest BCUT2D eigenvalue weighted by Crippen LogP contribution is -2.30. The minimum Gasteiger partial charge on any atom is -0.197 e. The van der Waals surface area contributed by atoms with Crippen molar-refractivity contribution in [2.45, 2.75) is 17.8 Å². The summed E-state index contributed by atoms with van der Waals surface area (Å²) in [4.78, 5) is 0. The van der Waals surface area contributed by atoms with E-state index in [4.69, 9.17) is 39.0 Å². The molecule has 5 heteroatoms. The second-order valence-electron chi connectivity index (χ2n) is 1.63. The van der Waals surface area contributed by atoms with Gasteiger partial charge in [0.05, 0.1) is 6.07 Å². The second kappa shape index (κ2) is 3.67. The normalized spacial score (nSPS) is 16.9. The highest BCUT2D eigenvalue weighted by atomic mass is 35.7. The van der Waals surface area contributed by atoms with Crippen LogP contribution in [0.15, 0.2) is 0 Å². The number of halogens is 3. The van der Waals surface area contributed by atoms with Crippen molar-refractivity contribution in [3.8, 4) is 6.07 Å². The molecule has 0 heterocycles. The molecule has 0 aromatic rings. The fourth-order valence-electron chi connectivity index (χ4n) is 0.282. The van der Waals surface area contributed by atoms with Crippen LogP contribution in [0.3, 0.4) is 0 Å². The summed E-state index contributed by atoms with van der Waals surface area (Å²) in [7, 11) is -2.05. The molecule has 0 bridgehead atoms. The minimum absolute atomic E-state index is 0.509. The van der Waals surface area contributed by atoms with Gasteiger partial charge in [-0.15, -0.1) is 33.8 Å². The van der Waals surface area contributed by atoms with Gasteiger partial charge in [0.15, 0.2) is 0 Å². The standard InChI is InChI=1S/C4H6Cl3NSi/c1-2-4(5,3-8)9(6)7/h9H,2H2,1H3. The summed E-state index contributed by atoms with van der Waals surface area (Å²) in [5, 5.41) is 8.44. The predicted molar refractivity (Wildman–Crippen MR) is 43.3 cm³/mol. The van der Waals surface area contributed by atoms with Gasteiger partial charge in [-0.2, -0.15) is 5.26 Å². The SMILES string of the molecule is CCC(Cl)(C#N)[SiH](Cl)Cl. The van der Waals surface area contributed by atoms with Crippen LogP contribution in [-0.2, 0) is 0 Å². The first kappa shape index (κ1) is 9.58. The smallest absolute Gasteiger partial charge is 0.197 e. The molecule has 0 aliphatic heterocycles. The predicted octanol–water partition coefficient (Wildman–Crippen LogP) is 2.13. The highest BCUT2D eigenvalue weighted by Gasteiger charge is 2.34. The Balaban J connectivity index is 4.14. The average Bonchev–Trinajstić information content (AvgIpc) is 1.86. The van der Waals surface area contributed by atoms with Gasteiger partial charge < -0.3 is 0 Å². The van der Waals surface area contributed by atoms with E-state index in [-0.39, 0.29) is 0 Å². The molecule has 0 amide bonds. The van der Waals surface area contributed by atoms with E-state index in [1.54, 1.807) is 6.92 Å². The zero-order valence-electron chi connectivity index (χ0n) is 4.87. The summed E-state index contributed by atoms with van der Waals surface area (Å²) in [6.07, 6.45) is 0.509. The fourth-order valence-corrected chi connectivity index (χ4v) is 1.91. The van der Waals surface area contributed by atoms with Crippen LogP contribution >= 0.6 is 33.8 Å². The van der Waals surface area contributed by atoms with Crippen LogP contribution in [0.25, 0.3) is 0 Å². The molecule has 0 aliphatic rings. The fraction of sp³-hybridized carbons (Fsp3) is 0.750. The van der Waals surface area contributed by atoms with Crippen LogP contribution < -0.4 is 0 Å².